The van der Waals surface area contributed by atoms with Crippen LogP contribution in [-0.2, 0) is 9.53 Å². The molecule has 10 heteroatoms. The molecule has 0 aliphatic carbocycles. The van der Waals surface area contributed by atoms with Gasteiger partial charge in [0.2, 0.25) is 5.91 Å². The number of hydrogen-bond donors (Lipinski definition) is 2. The van der Waals surface area contributed by atoms with Gasteiger partial charge in [0.25, 0.3) is 11.6 Å². The molecule has 154 valence electrons. The maximum Gasteiger partial charge on any atom is 0.271 e. The van der Waals surface area contributed by atoms with Gasteiger partial charge in [0.15, 0.2) is 0 Å². The molecule has 0 aromatic heterocycles. The lowest BCUT2D eigenvalue weighted by Crippen LogP contribution is -2.28. The number of carbonyl (C=O) groups is 2. The van der Waals surface area contributed by atoms with Gasteiger partial charge in [-0.05, 0) is 18.2 Å². The van der Waals surface area contributed by atoms with Crippen LogP contribution in [0.1, 0.15) is 10.4 Å². The van der Waals surface area contributed by atoms with E-state index < -0.39 is 10.8 Å². The molecule has 0 atom stereocenters. The molecule has 0 aliphatic heterocycles. The lowest BCUT2D eigenvalue weighted by molar-refractivity contribution is -0.384. The van der Waals surface area contributed by atoms with Crippen molar-refractivity contribution in [1.82, 2.24) is 5.32 Å². The quantitative estimate of drug-likeness (QED) is 0.263. The first-order chi connectivity index (χ1) is 14.0. The van der Waals surface area contributed by atoms with Crippen molar-refractivity contribution in [3.8, 4) is 5.75 Å². The topological polar surface area (TPSA) is 120 Å². The molecular weight excluding hydrogens is 398 g/mol. The minimum absolute atomic E-state index is 0.133. The van der Waals surface area contributed by atoms with Crippen molar-refractivity contribution in [2.75, 3.05) is 38.4 Å². The maximum absolute atomic E-state index is 12.8. The number of anilines is 1. The summed E-state index contributed by atoms with van der Waals surface area (Å²) in [7, 11) is 2.95. The second-order valence-electron chi connectivity index (χ2n) is 5.72. The van der Waals surface area contributed by atoms with Crippen LogP contribution in [-0.4, -0.2) is 49.9 Å². The van der Waals surface area contributed by atoms with Crippen LogP contribution in [0.5, 0.6) is 5.75 Å². The number of thioether (sulfide) groups is 1. The normalized spacial score (nSPS) is 10.3. The molecule has 2 rings (SSSR count). The zero-order valence-corrected chi connectivity index (χ0v) is 16.8. The fraction of sp³-hybridized carbons (Fsp3) is 0.263. The highest BCUT2D eigenvalue weighted by molar-refractivity contribution is 8.00. The third-order valence-corrected chi connectivity index (χ3v) is 4.83. The van der Waals surface area contributed by atoms with Crippen LogP contribution in [0.15, 0.2) is 47.4 Å². The van der Waals surface area contributed by atoms with Gasteiger partial charge in [0.05, 0.1) is 35.6 Å². The summed E-state index contributed by atoms with van der Waals surface area (Å²) in [6.07, 6.45) is 0. The summed E-state index contributed by atoms with van der Waals surface area (Å²) in [5, 5.41) is 16.4. The van der Waals surface area contributed by atoms with E-state index in [2.05, 4.69) is 10.6 Å². The van der Waals surface area contributed by atoms with Crippen LogP contribution in [0, 0.1) is 10.1 Å². The number of non-ortho nitro benzene ring substituents is 1. The second-order valence-corrected chi connectivity index (χ2v) is 6.74. The predicted octanol–water partition coefficient (Wildman–Crippen LogP) is 2.71. The molecule has 0 aliphatic rings. The fourth-order valence-electron chi connectivity index (χ4n) is 2.36. The van der Waals surface area contributed by atoms with E-state index in [9.17, 15) is 19.7 Å². The molecule has 9 nitrogen and oxygen atoms in total. The van der Waals surface area contributed by atoms with Crippen LogP contribution < -0.4 is 15.4 Å². The Morgan fingerprint density at radius 2 is 1.93 bits per heavy atom. The average molecular weight is 419 g/mol. The van der Waals surface area contributed by atoms with Crippen molar-refractivity contribution in [1.29, 1.82) is 0 Å². The van der Waals surface area contributed by atoms with Gasteiger partial charge in [-0.1, -0.05) is 12.1 Å². The van der Waals surface area contributed by atoms with E-state index in [0.29, 0.717) is 29.4 Å². The number of ether oxygens (including phenoxy) is 2. The number of rotatable bonds is 10. The molecule has 0 spiro atoms. The van der Waals surface area contributed by atoms with Crippen molar-refractivity contribution in [2.45, 2.75) is 4.90 Å². The Hall–Kier alpha value is -3.11. The van der Waals surface area contributed by atoms with Gasteiger partial charge >= 0.3 is 0 Å². The molecule has 0 saturated carbocycles. The summed E-state index contributed by atoms with van der Waals surface area (Å²) in [5.74, 6) is -0.213. The van der Waals surface area contributed by atoms with Gasteiger partial charge in [0, 0.05) is 30.7 Å². The van der Waals surface area contributed by atoms with Crippen molar-refractivity contribution in [3.63, 3.8) is 0 Å². The van der Waals surface area contributed by atoms with Crippen molar-refractivity contribution in [3.05, 3.63) is 58.1 Å². The van der Waals surface area contributed by atoms with E-state index in [1.807, 2.05) is 0 Å². The summed E-state index contributed by atoms with van der Waals surface area (Å²) >= 11 is 1.22. The molecule has 2 aromatic rings. The molecule has 0 saturated heterocycles. The number of methoxy groups -OCH3 is 2. The zero-order valence-electron chi connectivity index (χ0n) is 16.0. The summed E-state index contributed by atoms with van der Waals surface area (Å²) in [4.78, 5) is 35.7. The fourth-order valence-corrected chi connectivity index (χ4v) is 3.24. The Labute approximate surface area is 171 Å². The number of hydrogen-bond acceptors (Lipinski definition) is 7. The largest absolute Gasteiger partial charge is 0.495 e. The Bertz CT molecular complexity index is 890. The SMILES string of the molecule is COCCNC(=O)CSc1ccccc1C(=O)Nc1cc([N+](=O)[O-])ccc1OC. The molecule has 2 amide bonds. The standard InChI is InChI=1S/C19H21N3O6S/c1-27-10-9-20-18(23)12-29-17-6-4-3-5-14(17)19(24)21-15-11-13(22(25)26)7-8-16(15)28-2/h3-8,11H,9-10,12H2,1-2H3,(H,20,23)(H,21,24). The first-order valence-electron chi connectivity index (χ1n) is 8.57. The van der Waals surface area contributed by atoms with Crippen molar-refractivity contribution < 1.29 is 24.0 Å². The minimum Gasteiger partial charge on any atom is -0.495 e. The Kier molecular flexibility index (Phi) is 8.44. The molecule has 29 heavy (non-hydrogen) atoms. The second kappa shape index (κ2) is 11.0. The number of nitrogens with zero attached hydrogens (tertiary/aromatic N) is 1. The summed E-state index contributed by atoms with van der Waals surface area (Å²) < 4.78 is 10.0. The van der Waals surface area contributed by atoms with Crippen LogP contribution in [0.3, 0.4) is 0 Å². The highest BCUT2D eigenvalue weighted by atomic mass is 32.2. The van der Waals surface area contributed by atoms with Gasteiger partial charge in [-0.25, -0.2) is 0 Å². The molecule has 0 radical (unpaired) electrons. The highest BCUT2D eigenvalue weighted by Crippen LogP contribution is 2.30. The van der Waals surface area contributed by atoms with E-state index in [-0.39, 0.29) is 23.0 Å². The van der Waals surface area contributed by atoms with E-state index in [0.717, 1.165) is 0 Å². The molecule has 0 fully saturated rings. The van der Waals surface area contributed by atoms with E-state index in [4.69, 9.17) is 9.47 Å². The van der Waals surface area contributed by atoms with Gasteiger partial charge in [-0.15, -0.1) is 11.8 Å². The maximum atomic E-state index is 12.8. The number of benzene rings is 2. The van der Waals surface area contributed by atoms with Crippen molar-refractivity contribution in [2.24, 2.45) is 0 Å². The Morgan fingerprint density at radius 1 is 1.17 bits per heavy atom. The first kappa shape index (κ1) is 22.2. The molecule has 0 heterocycles. The summed E-state index contributed by atoms with van der Waals surface area (Å²) in [5.41, 5.74) is 0.357. The third-order valence-electron chi connectivity index (χ3n) is 3.76. The van der Waals surface area contributed by atoms with Crippen LogP contribution in [0.4, 0.5) is 11.4 Å². The molecule has 0 unspecified atom stereocenters. The van der Waals surface area contributed by atoms with Crippen LogP contribution in [0.25, 0.3) is 0 Å². The van der Waals surface area contributed by atoms with Gasteiger partial charge in [0.1, 0.15) is 5.75 Å². The number of carbonyl (C=O) groups excluding carboxylic acids is 2. The Morgan fingerprint density at radius 3 is 2.62 bits per heavy atom. The first-order valence-corrected chi connectivity index (χ1v) is 9.56. The highest BCUT2D eigenvalue weighted by Gasteiger charge is 2.17. The zero-order chi connectivity index (χ0) is 21.2. The van der Waals surface area contributed by atoms with Crippen LogP contribution in [0.2, 0.25) is 0 Å². The number of nitro benzene ring substituents is 1. The molecule has 0 bridgehead atoms. The monoisotopic (exact) mass is 419 g/mol. The van der Waals surface area contributed by atoms with Gasteiger partial charge < -0.3 is 20.1 Å². The molecular formula is C19H21N3O6S. The van der Waals surface area contributed by atoms with E-state index in [1.165, 1.54) is 37.1 Å². The van der Waals surface area contributed by atoms with E-state index >= 15 is 0 Å². The summed E-state index contributed by atoms with van der Waals surface area (Å²) in [6.45, 7) is 0.824. The number of nitrogens with one attached hydrogen (secondary N) is 2. The van der Waals surface area contributed by atoms with Crippen LogP contribution >= 0.6 is 11.8 Å². The minimum atomic E-state index is -0.554. The smallest absolute Gasteiger partial charge is 0.271 e. The van der Waals surface area contributed by atoms with Gasteiger partial charge in [-0.2, -0.15) is 0 Å². The van der Waals surface area contributed by atoms with Gasteiger partial charge in [-0.3, -0.25) is 19.7 Å². The average Bonchev–Trinajstić information content (AvgIpc) is 2.72. The number of amides is 2. The summed E-state index contributed by atoms with van der Waals surface area (Å²) in [6, 6.07) is 10.7. The molecule has 2 aromatic carbocycles. The predicted molar refractivity (Wildman–Crippen MR) is 110 cm³/mol. The van der Waals surface area contributed by atoms with Crippen molar-refractivity contribution >= 4 is 35.0 Å². The lowest BCUT2D eigenvalue weighted by Gasteiger charge is -2.12. The third kappa shape index (κ3) is 6.47. The molecule has 2 N–H and O–H groups in total. The number of nitro groups is 1. The Balaban J connectivity index is 2.13. The lowest BCUT2D eigenvalue weighted by atomic mass is 10.2. The van der Waals surface area contributed by atoms with E-state index in [1.54, 1.807) is 31.4 Å².